The molecule has 3 heteroatoms. The topological polar surface area (TPSA) is 44.5 Å². The van der Waals surface area contributed by atoms with E-state index in [2.05, 4.69) is 12.1 Å². The molecule has 3 nitrogen and oxygen atoms in total. The lowest BCUT2D eigenvalue weighted by Gasteiger charge is -2.28. The molecule has 0 aliphatic carbocycles. The average Bonchev–Trinajstić information content (AvgIpc) is 2.29. The van der Waals surface area contributed by atoms with Gasteiger partial charge in [0.1, 0.15) is 0 Å². The van der Waals surface area contributed by atoms with Crippen LogP contribution in [0.3, 0.4) is 0 Å². The first-order valence-corrected chi connectivity index (χ1v) is 5.35. The Kier molecular flexibility index (Phi) is 3.72. The standard InChI is InChI=1S/C12H17NO2/c13-11-6-7-14-9-12(11)15-8-10-4-2-1-3-5-10/h1-5,11-12H,6-9,13H2/t11-,12+/m0/s1. The lowest BCUT2D eigenvalue weighted by molar-refractivity contribution is -0.0678. The van der Waals surface area contributed by atoms with E-state index in [9.17, 15) is 0 Å². The number of hydrogen-bond acceptors (Lipinski definition) is 3. The Bertz CT molecular complexity index is 289. The molecule has 1 saturated heterocycles. The van der Waals surface area contributed by atoms with Gasteiger partial charge in [-0.15, -0.1) is 0 Å². The van der Waals surface area contributed by atoms with E-state index in [1.165, 1.54) is 5.56 Å². The van der Waals surface area contributed by atoms with Crippen LogP contribution in [-0.4, -0.2) is 25.4 Å². The Morgan fingerprint density at radius 3 is 2.87 bits per heavy atom. The first-order valence-electron chi connectivity index (χ1n) is 5.35. The fraction of sp³-hybridized carbons (Fsp3) is 0.500. The van der Waals surface area contributed by atoms with Crippen molar-refractivity contribution in [3.8, 4) is 0 Å². The summed E-state index contributed by atoms with van der Waals surface area (Å²) in [4.78, 5) is 0. The van der Waals surface area contributed by atoms with Crippen molar-refractivity contribution in [1.29, 1.82) is 0 Å². The van der Waals surface area contributed by atoms with Crippen LogP contribution in [0.4, 0.5) is 0 Å². The van der Waals surface area contributed by atoms with Gasteiger partial charge in [-0.05, 0) is 12.0 Å². The number of rotatable bonds is 3. The monoisotopic (exact) mass is 207 g/mol. The highest BCUT2D eigenvalue weighted by molar-refractivity contribution is 5.13. The van der Waals surface area contributed by atoms with E-state index in [0.717, 1.165) is 13.0 Å². The summed E-state index contributed by atoms with van der Waals surface area (Å²) >= 11 is 0. The maximum absolute atomic E-state index is 5.94. The van der Waals surface area contributed by atoms with Gasteiger partial charge in [-0.1, -0.05) is 30.3 Å². The molecule has 1 aliphatic heterocycles. The molecule has 1 aromatic rings. The highest BCUT2D eigenvalue weighted by atomic mass is 16.5. The first kappa shape index (κ1) is 10.6. The van der Waals surface area contributed by atoms with E-state index in [-0.39, 0.29) is 12.1 Å². The van der Waals surface area contributed by atoms with Crippen LogP contribution in [0.5, 0.6) is 0 Å². The molecule has 1 fully saturated rings. The van der Waals surface area contributed by atoms with Gasteiger partial charge >= 0.3 is 0 Å². The van der Waals surface area contributed by atoms with Crippen LogP contribution in [-0.2, 0) is 16.1 Å². The van der Waals surface area contributed by atoms with Crippen molar-refractivity contribution >= 4 is 0 Å². The molecule has 1 heterocycles. The highest BCUT2D eigenvalue weighted by Crippen LogP contribution is 2.11. The predicted octanol–water partition coefficient (Wildman–Crippen LogP) is 1.32. The minimum absolute atomic E-state index is 0.0407. The van der Waals surface area contributed by atoms with Gasteiger partial charge in [0.2, 0.25) is 0 Å². The molecule has 0 radical (unpaired) electrons. The zero-order valence-corrected chi connectivity index (χ0v) is 8.76. The second-order valence-electron chi connectivity index (χ2n) is 3.86. The summed E-state index contributed by atoms with van der Waals surface area (Å²) in [5.41, 5.74) is 7.11. The van der Waals surface area contributed by atoms with Gasteiger partial charge < -0.3 is 15.2 Å². The largest absolute Gasteiger partial charge is 0.379 e. The van der Waals surface area contributed by atoms with Crippen LogP contribution in [0.1, 0.15) is 12.0 Å². The van der Waals surface area contributed by atoms with Crippen molar-refractivity contribution in [1.82, 2.24) is 0 Å². The first-order chi connectivity index (χ1) is 7.36. The lowest BCUT2D eigenvalue weighted by atomic mass is 10.1. The maximum atomic E-state index is 5.94. The van der Waals surface area contributed by atoms with Gasteiger partial charge in [-0.25, -0.2) is 0 Å². The number of ether oxygens (including phenoxy) is 2. The van der Waals surface area contributed by atoms with Gasteiger partial charge in [0.05, 0.1) is 19.3 Å². The fourth-order valence-electron chi connectivity index (χ4n) is 1.68. The normalized spacial score (nSPS) is 26.5. The molecule has 2 N–H and O–H groups in total. The summed E-state index contributed by atoms with van der Waals surface area (Å²) in [6, 6.07) is 10.2. The summed E-state index contributed by atoms with van der Waals surface area (Å²) in [6.07, 6.45) is 0.929. The summed E-state index contributed by atoms with van der Waals surface area (Å²) < 4.78 is 11.1. The fourth-order valence-corrected chi connectivity index (χ4v) is 1.68. The van der Waals surface area contributed by atoms with Crippen LogP contribution in [0.15, 0.2) is 30.3 Å². The second kappa shape index (κ2) is 5.26. The zero-order chi connectivity index (χ0) is 10.5. The molecule has 15 heavy (non-hydrogen) atoms. The molecular formula is C12H17NO2. The molecule has 0 amide bonds. The molecular weight excluding hydrogens is 190 g/mol. The smallest absolute Gasteiger partial charge is 0.0964 e. The molecule has 1 aliphatic rings. The third-order valence-corrected chi connectivity index (χ3v) is 2.66. The van der Waals surface area contributed by atoms with Gasteiger partial charge in [0.25, 0.3) is 0 Å². The van der Waals surface area contributed by atoms with Crippen molar-refractivity contribution in [2.24, 2.45) is 5.73 Å². The summed E-state index contributed by atoms with van der Waals surface area (Å²) in [7, 11) is 0. The highest BCUT2D eigenvalue weighted by Gasteiger charge is 2.22. The van der Waals surface area contributed by atoms with Gasteiger partial charge in [-0.3, -0.25) is 0 Å². The predicted molar refractivity (Wildman–Crippen MR) is 58.4 cm³/mol. The zero-order valence-electron chi connectivity index (χ0n) is 8.76. The van der Waals surface area contributed by atoms with E-state index in [0.29, 0.717) is 13.2 Å². The lowest BCUT2D eigenvalue weighted by Crippen LogP contribution is -2.44. The van der Waals surface area contributed by atoms with E-state index in [1.54, 1.807) is 0 Å². The number of benzene rings is 1. The third-order valence-electron chi connectivity index (χ3n) is 2.66. The molecule has 0 aromatic heterocycles. The van der Waals surface area contributed by atoms with Gasteiger partial charge in [0.15, 0.2) is 0 Å². The molecule has 82 valence electrons. The Morgan fingerprint density at radius 1 is 1.33 bits per heavy atom. The van der Waals surface area contributed by atoms with E-state index in [4.69, 9.17) is 15.2 Å². The van der Waals surface area contributed by atoms with Crippen LogP contribution in [0.25, 0.3) is 0 Å². The van der Waals surface area contributed by atoms with Crippen molar-refractivity contribution in [3.63, 3.8) is 0 Å². The van der Waals surface area contributed by atoms with Crippen molar-refractivity contribution in [2.45, 2.75) is 25.2 Å². The van der Waals surface area contributed by atoms with Gasteiger partial charge in [0, 0.05) is 12.6 Å². The molecule has 1 aromatic carbocycles. The minimum atomic E-state index is 0.0407. The van der Waals surface area contributed by atoms with Crippen LogP contribution in [0, 0.1) is 0 Å². The van der Waals surface area contributed by atoms with Crippen molar-refractivity contribution in [3.05, 3.63) is 35.9 Å². The molecule has 0 spiro atoms. The van der Waals surface area contributed by atoms with Crippen LogP contribution < -0.4 is 5.73 Å². The maximum Gasteiger partial charge on any atom is 0.0964 e. The summed E-state index contributed by atoms with van der Waals surface area (Å²) in [5, 5.41) is 0. The Hall–Kier alpha value is -0.900. The Labute approximate surface area is 90.2 Å². The van der Waals surface area contributed by atoms with Crippen LogP contribution >= 0.6 is 0 Å². The van der Waals surface area contributed by atoms with Crippen molar-refractivity contribution in [2.75, 3.05) is 13.2 Å². The van der Waals surface area contributed by atoms with Gasteiger partial charge in [-0.2, -0.15) is 0 Å². The number of hydrogen-bond donors (Lipinski definition) is 1. The summed E-state index contributed by atoms with van der Waals surface area (Å²) in [6.45, 7) is 1.99. The molecule has 2 rings (SSSR count). The van der Waals surface area contributed by atoms with E-state index in [1.807, 2.05) is 18.2 Å². The molecule has 0 saturated carbocycles. The third kappa shape index (κ3) is 3.02. The second-order valence-corrected chi connectivity index (χ2v) is 3.86. The summed E-state index contributed by atoms with van der Waals surface area (Å²) in [5.74, 6) is 0. The molecule has 0 unspecified atom stereocenters. The van der Waals surface area contributed by atoms with E-state index < -0.39 is 0 Å². The Morgan fingerprint density at radius 2 is 2.13 bits per heavy atom. The Balaban J connectivity index is 1.82. The average molecular weight is 207 g/mol. The van der Waals surface area contributed by atoms with Crippen LogP contribution in [0.2, 0.25) is 0 Å². The van der Waals surface area contributed by atoms with Crippen molar-refractivity contribution < 1.29 is 9.47 Å². The minimum Gasteiger partial charge on any atom is -0.379 e. The number of nitrogens with two attached hydrogens (primary N) is 1. The SMILES string of the molecule is N[C@H]1CCOC[C@H]1OCc1ccccc1. The quantitative estimate of drug-likeness (QED) is 0.813. The molecule has 2 atom stereocenters. The van der Waals surface area contributed by atoms with E-state index >= 15 is 0 Å². The molecule has 0 bridgehead atoms.